The quantitative estimate of drug-likeness (QED) is 0.0756. The van der Waals surface area contributed by atoms with Crippen molar-refractivity contribution in [2.24, 2.45) is 23.7 Å². The van der Waals surface area contributed by atoms with Crippen molar-refractivity contribution >= 4 is 0 Å². The lowest BCUT2D eigenvalue weighted by Gasteiger charge is -2.20. The van der Waals surface area contributed by atoms with Crippen molar-refractivity contribution in [2.45, 2.75) is 157 Å². The highest BCUT2D eigenvalue weighted by Gasteiger charge is 2.14. The molecular formula is C42H74O2. The third kappa shape index (κ3) is 25.7. The maximum absolute atomic E-state index is 5.49. The van der Waals surface area contributed by atoms with Gasteiger partial charge in [-0.25, -0.2) is 0 Å². The topological polar surface area (TPSA) is 18.5 Å². The lowest BCUT2D eigenvalue weighted by Crippen LogP contribution is -2.20. The van der Waals surface area contributed by atoms with Gasteiger partial charge in [0.05, 0.1) is 11.2 Å². The first-order valence-corrected chi connectivity index (χ1v) is 17.8. The molecular weight excluding hydrogens is 536 g/mol. The fourth-order valence-corrected chi connectivity index (χ4v) is 5.08. The van der Waals surface area contributed by atoms with Crippen LogP contribution in [-0.2, 0) is 9.47 Å². The van der Waals surface area contributed by atoms with Gasteiger partial charge in [-0.1, -0.05) is 132 Å². The highest BCUT2D eigenvalue weighted by atomic mass is 16.5. The van der Waals surface area contributed by atoms with E-state index < -0.39 is 0 Å². The predicted molar refractivity (Wildman–Crippen MR) is 198 cm³/mol. The van der Waals surface area contributed by atoms with Gasteiger partial charge in [0.1, 0.15) is 0 Å². The van der Waals surface area contributed by atoms with Gasteiger partial charge in [-0.2, -0.15) is 0 Å². The summed E-state index contributed by atoms with van der Waals surface area (Å²) in [7, 11) is 3.56. The largest absolute Gasteiger partial charge is 0.378 e. The maximum Gasteiger partial charge on any atom is 0.0657 e. The zero-order chi connectivity index (χ0) is 33.4. The third-order valence-electron chi connectivity index (χ3n) is 9.00. The van der Waals surface area contributed by atoms with Crippen molar-refractivity contribution in [1.29, 1.82) is 0 Å². The van der Waals surface area contributed by atoms with Crippen LogP contribution < -0.4 is 0 Å². The maximum atomic E-state index is 5.49. The van der Waals surface area contributed by atoms with E-state index in [0.717, 1.165) is 30.6 Å². The summed E-state index contributed by atoms with van der Waals surface area (Å²) in [5.41, 5.74) is 2.48. The molecule has 44 heavy (non-hydrogen) atoms. The van der Waals surface area contributed by atoms with E-state index in [1.807, 2.05) is 0 Å². The van der Waals surface area contributed by atoms with Crippen molar-refractivity contribution < 1.29 is 9.47 Å². The Morgan fingerprint density at radius 1 is 0.614 bits per heavy atom. The monoisotopic (exact) mass is 611 g/mol. The molecule has 0 saturated heterocycles. The summed E-state index contributed by atoms with van der Waals surface area (Å²) in [6.45, 7) is 22.5. The molecule has 0 amide bonds. The molecule has 0 saturated carbocycles. The Kier molecular flexibility index (Phi) is 23.7. The van der Waals surface area contributed by atoms with Crippen LogP contribution in [-0.4, -0.2) is 25.4 Å². The van der Waals surface area contributed by atoms with E-state index in [4.69, 9.17) is 9.47 Å². The number of allylic oxidation sites excluding steroid dienone is 10. The van der Waals surface area contributed by atoms with Gasteiger partial charge in [-0.05, 0) is 110 Å². The zero-order valence-corrected chi connectivity index (χ0v) is 31.4. The Morgan fingerprint density at radius 2 is 1.09 bits per heavy atom. The minimum absolute atomic E-state index is 0.0767. The molecule has 0 aliphatic heterocycles. The van der Waals surface area contributed by atoms with Gasteiger partial charge in [0.15, 0.2) is 0 Å². The van der Waals surface area contributed by atoms with Gasteiger partial charge >= 0.3 is 0 Å². The first-order chi connectivity index (χ1) is 20.7. The van der Waals surface area contributed by atoms with E-state index in [-0.39, 0.29) is 11.2 Å². The number of ether oxygens (including phenoxy) is 2. The van der Waals surface area contributed by atoms with Crippen LogP contribution in [0.1, 0.15) is 146 Å². The molecule has 2 heteroatoms. The SMILES string of the molecule is COC(C)(C)C/C=C/C(C)=C/C=C/C(C)CCCC(C)C/C=C/CC(C)CCCC(C)CC/C=C(C)/C=C/CC(C)(C)OC. The van der Waals surface area contributed by atoms with Crippen LogP contribution in [0.15, 0.2) is 71.9 Å². The standard InChI is InChI=1S/C42H74O2/c1-35(23-15-25-37(3)27-17-29-39(5)31-19-33-41(7,8)43-11)21-13-14-22-36(2)24-16-26-38(4)28-18-30-40(6)32-20-34-42(9,10)44-12/h13-14,17,19-20,27,29-32,35-38H,15-16,18,21-26,28,33-34H2,1-12H3/b14-13+,27-17+,31-19+,32-20+,39-29+,40-30+. The van der Waals surface area contributed by atoms with E-state index in [2.05, 4.69) is 130 Å². The number of hydrogen-bond acceptors (Lipinski definition) is 2. The van der Waals surface area contributed by atoms with Crippen LogP contribution in [0, 0.1) is 23.7 Å². The average Bonchev–Trinajstić information content (AvgIpc) is 2.95. The summed E-state index contributed by atoms with van der Waals surface area (Å²) in [5, 5.41) is 0. The molecule has 0 aromatic heterocycles. The van der Waals surface area contributed by atoms with Crippen molar-refractivity contribution in [3.63, 3.8) is 0 Å². The normalized spacial score (nSPS) is 17.0. The van der Waals surface area contributed by atoms with E-state index in [0.29, 0.717) is 5.92 Å². The first-order valence-electron chi connectivity index (χ1n) is 17.8. The molecule has 0 fully saturated rings. The highest BCUT2D eigenvalue weighted by Crippen LogP contribution is 2.21. The second-order valence-electron chi connectivity index (χ2n) is 15.1. The second kappa shape index (κ2) is 24.6. The number of hydrogen-bond donors (Lipinski definition) is 0. The van der Waals surface area contributed by atoms with Gasteiger partial charge in [0.25, 0.3) is 0 Å². The molecule has 0 aliphatic carbocycles. The van der Waals surface area contributed by atoms with Crippen LogP contribution in [0.3, 0.4) is 0 Å². The molecule has 254 valence electrons. The number of methoxy groups -OCH3 is 2. The molecule has 0 spiro atoms. The Bertz CT molecular complexity index is 895. The van der Waals surface area contributed by atoms with Crippen LogP contribution in [0.2, 0.25) is 0 Å². The van der Waals surface area contributed by atoms with Crippen LogP contribution in [0.25, 0.3) is 0 Å². The average molecular weight is 611 g/mol. The van der Waals surface area contributed by atoms with E-state index >= 15 is 0 Å². The van der Waals surface area contributed by atoms with Crippen molar-refractivity contribution in [1.82, 2.24) is 0 Å². The first kappa shape index (κ1) is 42.4. The van der Waals surface area contributed by atoms with Gasteiger partial charge in [0, 0.05) is 14.2 Å². The van der Waals surface area contributed by atoms with E-state index in [9.17, 15) is 0 Å². The van der Waals surface area contributed by atoms with Crippen LogP contribution in [0.5, 0.6) is 0 Å². The highest BCUT2D eigenvalue weighted by molar-refractivity contribution is 5.22. The van der Waals surface area contributed by atoms with Crippen LogP contribution in [0.4, 0.5) is 0 Å². The van der Waals surface area contributed by atoms with E-state index in [1.165, 1.54) is 75.4 Å². The smallest absolute Gasteiger partial charge is 0.0657 e. The summed E-state index contributed by atoms with van der Waals surface area (Å²) in [6, 6.07) is 0. The van der Waals surface area contributed by atoms with Crippen molar-refractivity contribution in [3.8, 4) is 0 Å². The molecule has 4 atom stereocenters. The van der Waals surface area contributed by atoms with Gasteiger partial charge < -0.3 is 9.47 Å². The molecule has 4 unspecified atom stereocenters. The Morgan fingerprint density at radius 3 is 1.61 bits per heavy atom. The van der Waals surface area contributed by atoms with Gasteiger partial charge in [0.2, 0.25) is 0 Å². The molecule has 0 aromatic carbocycles. The Balaban J connectivity index is 4.05. The Labute approximate surface area is 276 Å². The zero-order valence-electron chi connectivity index (χ0n) is 31.4. The molecule has 0 aliphatic rings. The molecule has 2 nitrogen and oxygen atoms in total. The second-order valence-corrected chi connectivity index (χ2v) is 15.1. The van der Waals surface area contributed by atoms with Crippen molar-refractivity contribution in [2.75, 3.05) is 14.2 Å². The fourth-order valence-electron chi connectivity index (χ4n) is 5.08. The summed E-state index contributed by atoms with van der Waals surface area (Å²) in [6.07, 6.45) is 37.7. The van der Waals surface area contributed by atoms with Gasteiger partial charge in [-0.15, -0.1) is 0 Å². The summed E-state index contributed by atoms with van der Waals surface area (Å²) >= 11 is 0. The summed E-state index contributed by atoms with van der Waals surface area (Å²) in [4.78, 5) is 0. The summed E-state index contributed by atoms with van der Waals surface area (Å²) in [5.74, 6) is 2.99. The summed E-state index contributed by atoms with van der Waals surface area (Å²) < 4.78 is 11.0. The third-order valence-corrected chi connectivity index (χ3v) is 9.00. The predicted octanol–water partition coefficient (Wildman–Crippen LogP) is 13.2. The van der Waals surface area contributed by atoms with E-state index in [1.54, 1.807) is 14.2 Å². The minimum atomic E-state index is -0.0929. The minimum Gasteiger partial charge on any atom is -0.378 e. The molecule has 0 heterocycles. The molecule has 0 radical (unpaired) electrons. The van der Waals surface area contributed by atoms with Crippen LogP contribution >= 0.6 is 0 Å². The lowest BCUT2D eigenvalue weighted by molar-refractivity contribution is 0.0252. The Hall–Kier alpha value is -1.64. The molecule has 0 aromatic rings. The molecule has 0 rings (SSSR count). The number of rotatable bonds is 25. The molecule has 0 N–H and O–H groups in total. The lowest BCUT2D eigenvalue weighted by atomic mass is 9.93. The van der Waals surface area contributed by atoms with Crippen molar-refractivity contribution in [3.05, 3.63) is 71.9 Å². The fraction of sp³-hybridized carbons (Fsp3) is 0.714. The van der Waals surface area contributed by atoms with Gasteiger partial charge in [-0.3, -0.25) is 0 Å². The molecule has 0 bridgehead atoms.